The second-order valence-corrected chi connectivity index (χ2v) is 13.4. The maximum absolute atomic E-state index is 13.3. The topological polar surface area (TPSA) is 57.7 Å². The molecule has 0 aliphatic carbocycles. The lowest BCUT2D eigenvalue weighted by molar-refractivity contribution is 0.0703. The molecule has 40 heavy (non-hydrogen) atoms. The first kappa shape index (κ1) is 30.9. The van der Waals surface area contributed by atoms with Crippen molar-refractivity contribution in [1.82, 2.24) is 9.80 Å². The number of fused-ring (bicyclic) bond motifs is 1. The molecule has 0 aromatic heterocycles. The number of benzene rings is 3. The molecule has 214 valence electrons. The first-order valence-corrected chi connectivity index (χ1v) is 16.2. The number of carbonyl (C=O) groups excluding carboxylic acids is 1. The summed E-state index contributed by atoms with van der Waals surface area (Å²) in [5.41, 5.74) is 3.86. The van der Waals surface area contributed by atoms with Gasteiger partial charge in [0.15, 0.2) is 9.84 Å². The van der Waals surface area contributed by atoms with E-state index in [4.69, 9.17) is 23.2 Å². The van der Waals surface area contributed by atoms with E-state index in [2.05, 4.69) is 11.0 Å². The highest BCUT2D eigenvalue weighted by Crippen LogP contribution is 2.45. The number of amides is 1. The van der Waals surface area contributed by atoms with Gasteiger partial charge in [-0.1, -0.05) is 65.7 Å². The third kappa shape index (κ3) is 6.22. The summed E-state index contributed by atoms with van der Waals surface area (Å²) < 4.78 is 24.7. The van der Waals surface area contributed by atoms with E-state index in [0.29, 0.717) is 21.5 Å². The monoisotopic (exact) mass is 620 g/mol. The van der Waals surface area contributed by atoms with Gasteiger partial charge in [0.25, 0.3) is 5.91 Å². The fourth-order valence-electron chi connectivity index (χ4n) is 6.37. The SMILES string of the molecule is CCN1C(=O)c2ccccc2C1C(CCN1CCC(c2ccccc2S(C)(=O)=O)CC1)c1ccc(Cl)c(Cl)c1.Cl. The first-order valence-electron chi connectivity index (χ1n) is 13.5. The number of carbonyl (C=O) groups is 1. The summed E-state index contributed by atoms with van der Waals surface area (Å²) in [5.74, 6) is 0.359. The minimum Gasteiger partial charge on any atom is -0.331 e. The average Bonchev–Trinajstić information content (AvgIpc) is 3.22. The van der Waals surface area contributed by atoms with E-state index in [9.17, 15) is 13.2 Å². The molecule has 0 bridgehead atoms. The van der Waals surface area contributed by atoms with E-state index in [1.807, 2.05) is 60.4 Å². The van der Waals surface area contributed by atoms with Crippen molar-refractivity contribution in [2.24, 2.45) is 0 Å². The second kappa shape index (κ2) is 12.8. The van der Waals surface area contributed by atoms with Crippen molar-refractivity contribution in [3.8, 4) is 0 Å². The molecular weight excluding hydrogens is 587 g/mol. The number of halogens is 3. The van der Waals surface area contributed by atoms with Gasteiger partial charge < -0.3 is 9.80 Å². The minimum absolute atomic E-state index is 0. The zero-order chi connectivity index (χ0) is 27.7. The maximum Gasteiger partial charge on any atom is 0.254 e. The normalized spacial score (nSPS) is 18.9. The predicted molar refractivity (Wildman–Crippen MR) is 165 cm³/mol. The number of rotatable bonds is 8. The van der Waals surface area contributed by atoms with Gasteiger partial charge in [0, 0.05) is 24.3 Å². The molecule has 5 nitrogen and oxygen atoms in total. The summed E-state index contributed by atoms with van der Waals surface area (Å²) in [5, 5.41) is 1.04. The van der Waals surface area contributed by atoms with E-state index in [1.165, 1.54) is 6.26 Å². The number of nitrogens with zero attached hydrogens (tertiary/aromatic N) is 2. The minimum atomic E-state index is -3.27. The van der Waals surface area contributed by atoms with E-state index >= 15 is 0 Å². The summed E-state index contributed by atoms with van der Waals surface area (Å²) in [6.45, 7) is 5.32. The quantitative estimate of drug-likeness (QED) is 0.263. The Kier molecular flexibility index (Phi) is 9.90. The Labute approximate surface area is 253 Å². The second-order valence-electron chi connectivity index (χ2n) is 10.6. The van der Waals surface area contributed by atoms with Crippen molar-refractivity contribution in [2.45, 2.75) is 49.0 Å². The molecular formula is C31H35Cl3N2O3S. The molecule has 9 heteroatoms. The lowest BCUT2D eigenvalue weighted by atomic mass is 9.83. The van der Waals surface area contributed by atoms with Crippen LogP contribution in [0.15, 0.2) is 71.6 Å². The standard InChI is InChI=1S/C31H34Cl2N2O3S.ClH/c1-3-35-30(25-9-4-5-10-26(25)31(35)36)24(22-12-13-27(32)28(33)20-22)16-19-34-17-14-21(15-18-34)23-8-6-7-11-29(23)39(2,37)38;/h4-13,20-21,24,30H,3,14-19H2,1-2H3;1H. The Morgan fingerprint density at radius 2 is 1.57 bits per heavy atom. The van der Waals surface area contributed by atoms with Crippen LogP contribution in [-0.4, -0.2) is 56.6 Å². The first-order chi connectivity index (χ1) is 18.7. The van der Waals surface area contributed by atoms with E-state index in [1.54, 1.807) is 12.1 Å². The van der Waals surface area contributed by atoms with Crippen LogP contribution in [0.5, 0.6) is 0 Å². The number of sulfone groups is 1. The molecule has 0 radical (unpaired) electrons. The predicted octanol–water partition coefficient (Wildman–Crippen LogP) is 7.39. The number of likely N-dealkylation sites (N-methyl/N-ethyl adjacent to an activating group) is 1. The highest BCUT2D eigenvalue weighted by atomic mass is 35.5. The molecule has 1 amide bonds. The molecule has 3 aromatic carbocycles. The van der Waals surface area contributed by atoms with E-state index in [0.717, 1.165) is 61.2 Å². The lowest BCUT2D eigenvalue weighted by Gasteiger charge is -2.36. The molecule has 2 heterocycles. The van der Waals surface area contributed by atoms with Crippen LogP contribution < -0.4 is 0 Å². The number of likely N-dealkylation sites (tertiary alicyclic amines) is 1. The molecule has 2 aliphatic heterocycles. The van der Waals surface area contributed by atoms with Crippen LogP contribution >= 0.6 is 35.6 Å². The molecule has 0 spiro atoms. The van der Waals surface area contributed by atoms with Crippen LogP contribution in [0.3, 0.4) is 0 Å². The molecule has 3 aromatic rings. The molecule has 2 aliphatic rings. The van der Waals surface area contributed by atoms with Crippen molar-refractivity contribution in [3.05, 3.63) is 99.0 Å². The fraction of sp³-hybridized carbons (Fsp3) is 0.387. The fourth-order valence-corrected chi connectivity index (χ4v) is 7.66. The smallest absolute Gasteiger partial charge is 0.254 e. The Hall–Kier alpha value is -2.09. The van der Waals surface area contributed by atoms with Gasteiger partial charge in [0.05, 0.1) is 21.0 Å². The lowest BCUT2D eigenvalue weighted by Crippen LogP contribution is -2.36. The molecule has 0 N–H and O–H groups in total. The maximum atomic E-state index is 13.3. The Morgan fingerprint density at radius 1 is 0.925 bits per heavy atom. The molecule has 2 unspecified atom stereocenters. The van der Waals surface area contributed by atoms with Crippen molar-refractivity contribution < 1.29 is 13.2 Å². The molecule has 1 saturated heterocycles. The molecule has 2 atom stereocenters. The van der Waals surface area contributed by atoms with Gasteiger partial charge in [0.1, 0.15) is 0 Å². The van der Waals surface area contributed by atoms with Crippen molar-refractivity contribution in [3.63, 3.8) is 0 Å². The number of hydrogen-bond donors (Lipinski definition) is 0. The van der Waals surface area contributed by atoms with E-state index in [-0.39, 0.29) is 36.2 Å². The van der Waals surface area contributed by atoms with Gasteiger partial charge in [-0.05, 0) is 92.7 Å². The Bertz CT molecular complexity index is 1470. The average molecular weight is 622 g/mol. The van der Waals surface area contributed by atoms with Crippen LogP contribution in [0.4, 0.5) is 0 Å². The zero-order valence-corrected chi connectivity index (χ0v) is 25.9. The third-order valence-electron chi connectivity index (χ3n) is 8.30. The van der Waals surface area contributed by atoms with Gasteiger partial charge in [-0.15, -0.1) is 12.4 Å². The van der Waals surface area contributed by atoms with Crippen molar-refractivity contribution >= 4 is 51.4 Å². The summed E-state index contributed by atoms with van der Waals surface area (Å²) in [4.78, 5) is 18.2. The summed E-state index contributed by atoms with van der Waals surface area (Å²) in [7, 11) is -3.27. The molecule has 5 rings (SSSR count). The van der Waals surface area contributed by atoms with Gasteiger partial charge in [-0.3, -0.25) is 4.79 Å². The van der Waals surface area contributed by atoms with Gasteiger partial charge >= 0.3 is 0 Å². The summed E-state index contributed by atoms with van der Waals surface area (Å²) in [6, 6.07) is 21.1. The van der Waals surface area contributed by atoms with Gasteiger partial charge in [-0.2, -0.15) is 0 Å². The van der Waals surface area contributed by atoms with Crippen LogP contribution in [0.1, 0.15) is 71.1 Å². The van der Waals surface area contributed by atoms with Crippen LogP contribution in [0.25, 0.3) is 0 Å². The molecule has 0 saturated carbocycles. The summed E-state index contributed by atoms with van der Waals surface area (Å²) >= 11 is 12.7. The number of piperidine rings is 1. The largest absolute Gasteiger partial charge is 0.331 e. The highest BCUT2D eigenvalue weighted by Gasteiger charge is 2.41. The molecule has 1 fully saturated rings. The Balaban J connectivity index is 0.00000370. The van der Waals surface area contributed by atoms with Crippen LogP contribution in [-0.2, 0) is 9.84 Å². The zero-order valence-electron chi connectivity index (χ0n) is 22.7. The third-order valence-corrected chi connectivity index (χ3v) is 10.2. The highest BCUT2D eigenvalue weighted by molar-refractivity contribution is 7.90. The van der Waals surface area contributed by atoms with Crippen molar-refractivity contribution in [1.29, 1.82) is 0 Å². The van der Waals surface area contributed by atoms with E-state index < -0.39 is 9.84 Å². The number of hydrogen-bond acceptors (Lipinski definition) is 4. The van der Waals surface area contributed by atoms with Gasteiger partial charge in [-0.25, -0.2) is 8.42 Å². The van der Waals surface area contributed by atoms with Crippen molar-refractivity contribution in [2.75, 3.05) is 32.4 Å². The van der Waals surface area contributed by atoms with Gasteiger partial charge in [0.2, 0.25) is 0 Å². The van der Waals surface area contributed by atoms with Crippen LogP contribution in [0, 0.1) is 0 Å². The summed E-state index contributed by atoms with van der Waals surface area (Å²) in [6.07, 6.45) is 3.96. The Morgan fingerprint density at radius 3 is 2.23 bits per heavy atom. The van der Waals surface area contributed by atoms with Crippen LogP contribution in [0.2, 0.25) is 10.0 Å².